The van der Waals surface area contributed by atoms with Crippen molar-refractivity contribution in [2.45, 2.75) is 57.2 Å². The van der Waals surface area contributed by atoms with Gasteiger partial charge in [-0.05, 0) is 50.5 Å². The summed E-state index contributed by atoms with van der Waals surface area (Å²) in [6, 6.07) is 7.48. The predicted octanol–water partition coefficient (Wildman–Crippen LogP) is 2.38. The zero-order valence-electron chi connectivity index (χ0n) is 14.2. The van der Waals surface area contributed by atoms with Gasteiger partial charge in [-0.3, -0.25) is 4.79 Å². The predicted molar refractivity (Wildman–Crippen MR) is 92.7 cm³/mol. The summed E-state index contributed by atoms with van der Waals surface area (Å²) < 4.78 is 11.5. The number of benzene rings is 1. The van der Waals surface area contributed by atoms with Gasteiger partial charge in [0.15, 0.2) is 0 Å². The summed E-state index contributed by atoms with van der Waals surface area (Å²) in [7, 11) is 0. The number of ether oxygens (including phenoxy) is 2. The summed E-state index contributed by atoms with van der Waals surface area (Å²) in [5.74, 6) is 1.01. The summed E-state index contributed by atoms with van der Waals surface area (Å²) in [4.78, 5) is 12.4. The van der Waals surface area contributed by atoms with Crippen LogP contribution in [-0.4, -0.2) is 31.3 Å². The maximum absolute atomic E-state index is 12.4. The molecule has 0 radical (unpaired) electrons. The molecule has 2 aliphatic rings. The highest BCUT2D eigenvalue weighted by molar-refractivity contribution is 5.81. The molecule has 1 heterocycles. The number of hydrogen-bond acceptors (Lipinski definition) is 4. The number of rotatable bonds is 6. The van der Waals surface area contributed by atoms with Crippen LogP contribution in [0.5, 0.6) is 5.75 Å². The van der Waals surface area contributed by atoms with E-state index in [1.54, 1.807) is 0 Å². The number of amides is 1. The van der Waals surface area contributed by atoms with Crippen LogP contribution >= 0.6 is 0 Å². The van der Waals surface area contributed by atoms with Crippen molar-refractivity contribution < 1.29 is 14.3 Å². The smallest absolute Gasteiger partial charge is 0.237 e. The molecule has 1 amide bonds. The Balaban J connectivity index is 1.54. The van der Waals surface area contributed by atoms with Crippen molar-refractivity contribution in [1.82, 2.24) is 5.32 Å². The fourth-order valence-corrected chi connectivity index (χ4v) is 3.54. The lowest BCUT2D eigenvalue weighted by molar-refractivity contribution is -0.124. The Morgan fingerprint density at radius 2 is 1.92 bits per heavy atom. The molecular weight excluding hydrogens is 304 g/mol. The maximum atomic E-state index is 12.4. The molecule has 0 spiro atoms. The Morgan fingerprint density at radius 1 is 1.21 bits per heavy atom. The number of carbonyl (C=O) groups excluding carboxylic acids is 1. The topological polar surface area (TPSA) is 73.6 Å². The summed E-state index contributed by atoms with van der Waals surface area (Å²) >= 11 is 0. The zero-order chi connectivity index (χ0) is 16.8. The molecule has 1 saturated heterocycles. The van der Waals surface area contributed by atoms with Crippen molar-refractivity contribution in [2.75, 3.05) is 13.2 Å². The largest absolute Gasteiger partial charge is 0.490 e. The van der Waals surface area contributed by atoms with Crippen LogP contribution in [0.25, 0.3) is 0 Å². The number of nitrogens with one attached hydrogen (secondary N) is 1. The van der Waals surface area contributed by atoms with Crippen LogP contribution in [0.4, 0.5) is 0 Å². The third-order valence-corrected chi connectivity index (χ3v) is 5.10. The molecule has 1 aromatic rings. The Kier molecular flexibility index (Phi) is 6.10. The molecule has 0 aromatic heterocycles. The van der Waals surface area contributed by atoms with Gasteiger partial charge in [0.25, 0.3) is 0 Å². The van der Waals surface area contributed by atoms with Gasteiger partial charge in [-0.2, -0.15) is 0 Å². The van der Waals surface area contributed by atoms with Gasteiger partial charge in [0.2, 0.25) is 5.91 Å². The highest BCUT2D eigenvalue weighted by atomic mass is 16.5. The van der Waals surface area contributed by atoms with Crippen molar-refractivity contribution in [3.63, 3.8) is 0 Å². The second kappa shape index (κ2) is 8.49. The van der Waals surface area contributed by atoms with E-state index in [0.29, 0.717) is 25.9 Å². The van der Waals surface area contributed by atoms with E-state index < -0.39 is 6.04 Å². The molecule has 1 unspecified atom stereocenters. The van der Waals surface area contributed by atoms with Gasteiger partial charge in [0.05, 0.1) is 12.1 Å². The van der Waals surface area contributed by atoms with Crippen LogP contribution in [0.2, 0.25) is 0 Å². The molecule has 1 atom stereocenters. The van der Waals surface area contributed by atoms with E-state index in [1.807, 2.05) is 24.3 Å². The summed E-state index contributed by atoms with van der Waals surface area (Å²) in [5, 5.41) is 2.98. The minimum absolute atomic E-state index is 0.0856. The molecule has 1 saturated carbocycles. The van der Waals surface area contributed by atoms with Gasteiger partial charge >= 0.3 is 0 Å². The van der Waals surface area contributed by atoms with Gasteiger partial charge < -0.3 is 20.5 Å². The SMILES string of the molecule is NC(C(=O)NCc1ccccc1OC1CCCC1)C1CCOCC1. The van der Waals surface area contributed by atoms with Crippen molar-refractivity contribution in [3.8, 4) is 5.75 Å². The zero-order valence-corrected chi connectivity index (χ0v) is 14.2. The molecule has 1 aliphatic heterocycles. The fraction of sp³-hybridized carbons (Fsp3) is 0.632. The monoisotopic (exact) mass is 332 g/mol. The first-order valence-electron chi connectivity index (χ1n) is 9.09. The first-order valence-corrected chi connectivity index (χ1v) is 9.09. The average Bonchev–Trinajstić information content (AvgIpc) is 3.14. The maximum Gasteiger partial charge on any atom is 0.237 e. The molecule has 0 bridgehead atoms. The molecule has 5 nitrogen and oxygen atoms in total. The van der Waals surface area contributed by atoms with Gasteiger partial charge in [-0.15, -0.1) is 0 Å². The Hall–Kier alpha value is -1.59. The Labute approximate surface area is 143 Å². The van der Waals surface area contributed by atoms with E-state index in [1.165, 1.54) is 12.8 Å². The Bertz CT molecular complexity index is 537. The average molecular weight is 332 g/mol. The number of hydrogen-bond donors (Lipinski definition) is 2. The van der Waals surface area contributed by atoms with E-state index in [9.17, 15) is 4.79 Å². The third-order valence-electron chi connectivity index (χ3n) is 5.10. The third kappa shape index (κ3) is 4.48. The normalized spacial score (nSPS) is 20.7. The second-order valence-corrected chi connectivity index (χ2v) is 6.83. The highest BCUT2D eigenvalue weighted by Crippen LogP contribution is 2.26. The van der Waals surface area contributed by atoms with Gasteiger partial charge in [0, 0.05) is 25.3 Å². The lowest BCUT2D eigenvalue weighted by Crippen LogP contribution is -2.46. The van der Waals surface area contributed by atoms with Gasteiger partial charge in [-0.1, -0.05) is 18.2 Å². The van der Waals surface area contributed by atoms with E-state index in [2.05, 4.69) is 5.32 Å². The van der Waals surface area contributed by atoms with E-state index in [4.69, 9.17) is 15.2 Å². The minimum Gasteiger partial charge on any atom is -0.490 e. The molecule has 2 fully saturated rings. The van der Waals surface area contributed by atoms with E-state index in [0.717, 1.165) is 37.0 Å². The number of carbonyl (C=O) groups is 1. The van der Waals surface area contributed by atoms with E-state index in [-0.39, 0.29) is 11.8 Å². The van der Waals surface area contributed by atoms with Crippen LogP contribution in [-0.2, 0) is 16.1 Å². The minimum atomic E-state index is -0.461. The molecule has 132 valence electrons. The van der Waals surface area contributed by atoms with Crippen molar-refractivity contribution >= 4 is 5.91 Å². The second-order valence-electron chi connectivity index (χ2n) is 6.83. The first kappa shape index (κ1) is 17.2. The van der Waals surface area contributed by atoms with Crippen LogP contribution in [0, 0.1) is 5.92 Å². The molecular formula is C19H28N2O3. The standard InChI is InChI=1S/C19H28N2O3/c20-18(14-9-11-23-12-10-14)19(22)21-13-15-5-1-4-8-17(15)24-16-6-2-3-7-16/h1,4-5,8,14,16,18H,2-3,6-7,9-13,20H2,(H,21,22). The quantitative estimate of drug-likeness (QED) is 0.839. The summed E-state index contributed by atoms with van der Waals surface area (Å²) in [6.45, 7) is 1.85. The van der Waals surface area contributed by atoms with Crippen molar-refractivity contribution in [2.24, 2.45) is 11.7 Å². The summed E-state index contributed by atoms with van der Waals surface area (Å²) in [6.07, 6.45) is 6.75. The molecule has 1 aromatic carbocycles. The molecule has 3 N–H and O–H groups in total. The lowest BCUT2D eigenvalue weighted by atomic mass is 9.92. The molecule has 5 heteroatoms. The first-order chi connectivity index (χ1) is 11.7. The van der Waals surface area contributed by atoms with Crippen molar-refractivity contribution in [3.05, 3.63) is 29.8 Å². The molecule has 3 rings (SSSR count). The van der Waals surface area contributed by atoms with Gasteiger partial charge in [0.1, 0.15) is 5.75 Å². The molecule has 24 heavy (non-hydrogen) atoms. The number of nitrogens with two attached hydrogens (primary N) is 1. The van der Waals surface area contributed by atoms with Crippen molar-refractivity contribution in [1.29, 1.82) is 0 Å². The van der Waals surface area contributed by atoms with Crippen LogP contribution in [0.15, 0.2) is 24.3 Å². The highest BCUT2D eigenvalue weighted by Gasteiger charge is 2.26. The number of para-hydroxylation sites is 1. The van der Waals surface area contributed by atoms with Crippen LogP contribution in [0.3, 0.4) is 0 Å². The Morgan fingerprint density at radius 3 is 2.67 bits per heavy atom. The van der Waals surface area contributed by atoms with Gasteiger partial charge in [-0.25, -0.2) is 0 Å². The lowest BCUT2D eigenvalue weighted by Gasteiger charge is -2.26. The summed E-state index contributed by atoms with van der Waals surface area (Å²) in [5.41, 5.74) is 7.14. The fourth-order valence-electron chi connectivity index (χ4n) is 3.54. The van der Waals surface area contributed by atoms with Crippen LogP contribution < -0.4 is 15.8 Å². The van der Waals surface area contributed by atoms with Crippen LogP contribution in [0.1, 0.15) is 44.1 Å². The molecule has 1 aliphatic carbocycles. The van der Waals surface area contributed by atoms with E-state index >= 15 is 0 Å².